The molecule has 1 atom stereocenters. The van der Waals surface area contributed by atoms with Gasteiger partial charge in [-0.1, -0.05) is 56.0 Å². The summed E-state index contributed by atoms with van der Waals surface area (Å²) in [5.74, 6) is -3.01. The lowest BCUT2D eigenvalue weighted by molar-refractivity contribution is -0.726. The van der Waals surface area contributed by atoms with Crippen LogP contribution in [0, 0.1) is 0 Å². The number of carboxylic acids is 2. The molecule has 9 nitrogen and oxygen atoms in total. The number of nitrogens with two attached hydrogens (primary N) is 2. The second-order valence-corrected chi connectivity index (χ2v) is 14.7. The molecule has 0 unspecified atom stereocenters. The minimum Gasteiger partial charge on any atom is -0.550 e. The molecular formula is C38H63N3O6. The van der Waals surface area contributed by atoms with Gasteiger partial charge >= 0.3 is 6.09 Å². The number of rotatable bonds is 11. The van der Waals surface area contributed by atoms with E-state index in [1.54, 1.807) is 30.3 Å². The molecule has 1 aromatic carbocycles. The predicted octanol–water partition coefficient (Wildman–Crippen LogP) is 3.38. The van der Waals surface area contributed by atoms with Crippen molar-refractivity contribution in [1.29, 1.82) is 0 Å². The molecule has 1 aromatic rings. The fraction of sp³-hybridized carbons (Fsp3) is 0.763. The SMILES string of the molecule is C1CCC([NH2+]C2CCCCC2)CC1.C1CCC([NH2+]C2CCCCC2)CC1.C[C@@](CCC(=O)[O-])(NC(=O)OCc1ccccc1)C(=O)[O-]. The number of amides is 1. The third-order valence-corrected chi connectivity index (χ3v) is 10.6. The first kappa shape index (κ1) is 38.8. The summed E-state index contributed by atoms with van der Waals surface area (Å²) >= 11 is 0. The minimum absolute atomic E-state index is 0.0315. The number of quaternary nitrogens is 2. The van der Waals surface area contributed by atoms with E-state index in [4.69, 9.17) is 4.74 Å². The topological polar surface area (TPSA) is 152 Å². The largest absolute Gasteiger partial charge is 0.550 e. The maximum atomic E-state index is 11.6. The molecule has 9 heteroatoms. The number of ether oxygens (including phenoxy) is 1. The average molecular weight is 658 g/mol. The number of alkyl carbamates (subject to hydrolysis) is 1. The maximum Gasteiger partial charge on any atom is 0.408 e. The lowest BCUT2D eigenvalue weighted by atomic mass is 9.91. The average Bonchev–Trinajstić information content (AvgIpc) is 3.09. The van der Waals surface area contributed by atoms with Crippen molar-refractivity contribution in [1.82, 2.24) is 5.32 Å². The van der Waals surface area contributed by atoms with Crippen molar-refractivity contribution < 1.29 is 40.0 Å². The number of hydrogen-bond acceptors (Lipinski definition) is 6. The van der Waals surface area contributed by atoms with Crippen LogP contribution in [0.2, 0.25) is 0 Å². The number of hydrogen-bond donors (Lipinski definition) is 3. The normalized spacial score (nSPS) is 21.1. The van der Waals surface area contributed by atoms with Gasteiger partial charge < -0.3 is 40.5 Å². The Balaban J connectivity index is 0.000000200. The van der Waals surface area contributed by atoms with Gasteiger partial charge in [0, 0.05) is 5.97 Å². The molecule has 47 heavy (non-hydrogen) atoms. The van der Waals surface area contributed by atoms with E-state index in [2.05, 4.69) is 16.0 Å². The molecular weight excluding hydrogens is 594 g/mol. The zero-order valence-electron chi connectivity index (χ0n) is 29.1. The highest BCUT2D eigenvalue weighted by atomic mass is 16.5. The van der Waals surface area contributed by atoms with E-state index in [9.17, 15) is 24.6 Å². The summed E-state index contributed by atoms with van der Waals surface area (Å²) in [4.78, 5) is 33.0. The second-order valence-electron chi connectivity index (χ2n) is 14.7. The van der Waals surface area contributed by atoms with Crippen LogP contribution in [0.25, 0.3) is 0 Å². The molecule has 0 saturated heterocycles. The number of carbonyl (C=O) groups is 3. The van der Waals surface area contributed by atoms with Crippen LogP contribution >= 0.6 is 0 Å². The predicted molar refractivity (Wildman–Crippen MR) is 179 cm³/mol. The summed E-state index contributed by atoms with van der Waals surface area (Å²) in [7, 11) is 0. The van der Waals surface area contributed by atoms with Gasteiger partial charge in [-0.15, -0.1) is 0 Å². The number of carbonyl (C=O) groups excluding carboxylic acids is 3. The zero-order chi connectivity index (χ0) is 33.7. The Morgan fingerprint density at radius 1 is 0.681 bits per heavy atom. The fourth-order valence-electron chi connectivity index (χ4n) is 7.63. The molecule has 4 fully saturated rings. The summed E-state index contributed by atoms with van der Waals surface area (Å²) < 4.78 is 4.88. The molecule has 0 aromatic heterocycles. The smallest absolute Gasteiger partial charge is 0.408 e. The van der Waals surface area contributed by atoms with Crippen LogP contribution < -0.4 is 26.2 Å². The lowest BCUT2D eigenvalue weighted by Gasteiger charge is -2.31. The third kappa shape index (κ3) is 16.3. The fourth-order valence-corrected chi connectivity index (χ4v) is 7.63. The second kappa shape index (κ2) is 22.1. The van der Waals surface area contributed by atoms with Crippen LogP contribution in [0.15, 0.2) is 30.3 Å². The highest BCUT2D eigenvalue weighted by Crippen LogP contribution is 2.20. The molecule has 266 valence electrons. The molecule has 5 rings (SSSR count). The van der Waals surface area contributed by atoms with Crippen LogP contribution in [-0.2, 0) is 20.9 Å². The third-order valence-electron chi connectivity index (χ3n) is 10.6. The van der Waals surface area contributed by atoms with Crippen molar-refractivity contribution in [2.45, 2.75) is 184 Å². The molecule has 5 N–H and O–H groups in total. The minimum atomic E-state index is -1.84. The quantitative estimate of drug-likeness (QED) is 0.332. The van der Waals surface area contributed by atoms with Crippen molar-refractivity contribution in [3.8, 4) is 0 Å². The van der Waals surface area contributed by atoms with E-state index in [-0.39, 0.29) is 13.0 Å². The Bertz CT molecular complexity index is 950. The van der Waals surface area contributed by atoms with E-state index >= 15 is 0 Å². The maximum absolute atomic E-state index is 11.6. The summed E-state index contributed by atoms with van der Waals surface area (Å²) in [5.41, 5.74) is -1.11. The van der Waals surface area contributed by atoms with Gasteiger partial charge in [0.15, 0.2) is 0 Å². The summed E-state index contributed by atoms with van der Waals surface area (Å²) in [6, 6.07) is 12.8. The molecule has 0 radical (unpaired) electrons. The molecule has 4 aliphatic carbocycles. The zero-order valence-corrected chi connectivity index (χ0v) is 29.1. The number of carboxylic acid groups (broad SMARTS) is 2. The van der Waals surface area contributed by atoms with Crippen molar-refractivity contribution >= 4 is 18.0 Å². The standard InChI is InChI=1S/C14H17NO6.2C12H23N/c1-14(12(18)19,8-7-11(16)17)15-13(20)21-9-10-5-3-2-4-6-10;2*1-3-7-11(8-4-1)13-12-9-5-2-6-10-12/h2-6H,7-9H2,1H3,(H,15,20)(H,16,17)(H,18,19);2*11-13H,1-10H2/t14-;;/m0../s1. The van der Waals surface area contributed by atoms with Crippen molar-refractivity contribution in [2.75, 3.05) is 0 Å². The molecule has 1 amide bonds. The van der Waals surface area contributed by atoms with Crippen LogP contribution in [-0.4, -0.2) is 47.7 Å². The molecule has 0 heterocycles. The highest BCUT2D eigenvalue weighted by molar-refractivity contribution is 5.83. The van der Waals surface area contributed by atoms with E-state index < -0.39 is 30.0 Å². The first-order chi connectivity index (χ1) is 22.7. The first-order valence-electron chi connectivity index (χ1n) is 18.8. The monoisotopic (exact) mass is 657 g/mol. The molecule has 4 saturated carbocycles. The molecule has 0 bridgehead atoms. The van der Waals surface area contributed by atoms with Gasteiger partial charge in [0.1, 0.15) is 6.61 Å². The van der Waals surface area contributed by atoms with Crippen LogP contribution in [0.3, 0.4) is 0 Å². The Kier molecular flexibility index (Phi) is 18.2. The van der Waals surface area contributed by atoms with Crippen LogP contribution in [0.4, 0.5) is 4.79 Å². The number of aliphatic carboxylic acids is 2. The van der Waals surface area contributed by atoms with Crippen molar-refractivity contribution in [2.24, 2.45) is 0 Å². The van der Waals surface area contributed by atoms with E-state index in [1.165, 1.54) is 128 Å². The number of benzene rings is 1. The van der Waals surface area contributed by atoms with Gasteiger partial charge in [-0.05, 0) is 128 Å². The lowest BCUT2D eigenvalue weighted by Crippen LogP contribution is -2.95. The number of nitrogens with one attached hydrogen (secondary N) is 1. The van der Waals surface area contributed by atoms with Gasteiger partial charge in [0.05, 0.1) is 35.7 Å². The molecule has 0 spiro atoms. The van der Waals surface area contributed by atoms with Gasteiger partial charge in [0.2, 0.25) is 0 Å². The van der Waals surface area contributed by atoms with Gasteiger partial charge in [0.25, 0.3) is 0 Å². The van der Waals surface area contributed by atoms with E-state index in [0.29, 0.717) is 0 Å². The van der Waals surface area contributed by atoms with Gasteiger partial charge in [-0.2, -0.15) is 0 Å². The highest BCUT2D eigenvalue weighted by Gasteiger charge is 2.29. The summed E-state index contributed by atoms with van der Waals surface area (Å²) in [6.45, 7) is 1.12. The Morgan fingerprint density at radius 3 is 1.40 bits per heavy atom. The van der Waals surface area contributed by atoms with Crippen molar-refractivity contribution in [3.63, 3.8) is 0 Å². The summed E-state index contributed by atoms with van der Waals surface area (Å²) in [6.07, 6.45) is 28.0. The first-order valence-corrected chi connectivity index (χ1v) is 18.8. The van der Waals surface area contributed by atoms with E-state index in [0.717, 1.165) is 36.7 Å². The Morgan fingerprint density at radius 2 is 1.06 bits per heavy atom. The van der Waals surface area contributed by atoms with Gasteiger partial charge in [-0.3, -0.25) is 0 Å². The van der Waals surface area contributed by atoms with Crippen molar-refractivity contribution in [3.05, 3.63) is 35.9 Å². The van der Waals surface area contributed by atoms with E-state index in [1.807, 2.05) is 0 Å². The van der Waals surface area contributed by atoms with Crippen LogP contribution in [0.5, 0.6) is 0 Å². The summed E-state index contributed by atoms with van der Waals surface area (Å²) in [5, 5.41) is 29.0. The molecule has 0 aliphatic heterocycles. The Labute approximate surface area is 283 Å². The molecule has 4 aliphatic rings. The van der Waals surface area contributed by atoms with Gasteiger partial charge in [-0.25, -0.2) is 4.79 Å². The van der Waals surface area contributed by atoms with Crippen LogP contribution in [0.1, 0.15) is 154 Å². The Hall–Kier alpha value is -2.65.